The molecule has 0 bridgehead atoms. The van der Waals surface area contributed by atoms with Gasteiger partial charge in [-0.15, -0.1) is 0 Å². The highest BCUT2D eigenvalue weighted by Gasteiger charge is 2.13. The van der Waals surface area contributed by atoms with Gasteiger partial charge in [-0.05, 0) is 13.8 Å². The number of nitrogens with one attached hydrogen (secondary N) is 1. The van der Waals surface area contributed by atoms with Gasteiger partial charge in [0.25, 0.3) is 0 Å². The minimum atomic E-state index is -1.09. The third kappa shape index (κ3) is 3.87. The highest BCUT2D eigenvalue weighted by Crippen LogP contribution is 2.01. The van der Waals surface area contributed by atoms with Gasteiger partial charge >= 0.3 is 6.09 Å². The Morgan fingerprint density at radius 3 is 2.71 bits per heavy atom. The van der Waals surface area contributed by atoms with Crippen molar-refractivity contribution in [1.82, 2.24) is 14.9 Å². The normalized spacial score (nSPS) is 14.1. The van der Waals surface area contributed by atoms with Crippen molar-refractivity contribution >= 4 is 12.0 Å². The molecule has 0 fully saturated rings. The number of rotatable bonds is 4. The van der Waals surface area contributed by atoms with E-state index < -0.39 is 12.1 Å². The van der Waals surface area contributed by atoms with Crippen LogP contribution in [0.3, 0.4) is 0 Å². The third-order valence-electron chi connectivity index (χ3n) is 2.17. The molecule has 0 saturated carbocycles. The maximum Gasteiger partial charge on any atom is 0.416 e. The molecule has 1 heterocycles. The van der Waals surface area contributed by atoms with Crippen LogP contribution >= 0.6 is 0 Å². The lowest BCUT2D eigenvalue weighted by Gasteiger charge is -2.14. The molecule has 1 aromatic heterocycles. The summed E-state index contributed by atoms with van der Waals surface area (Å²) in [5, 5.41) is 11.4. The van der Waals surface area contributed by atoms with Gasteiger partial charge in [-0.3, -0.25) is 4.79 Å². The Balaban J connectivity index is 2.53. The zero-order valence-electron chi connectivity index (χ0n) is 9.75. The summed E-state index contributed by atoms with van der Waals surface area (Å²) in [4.78, 5) is 25.8. The molecule has 2 atom stereocenters. The van der Waals surface area contributed by atoms with Crippen molar-refractivity contribution in [2.24, 2.45) is 5.73 Å². The van der Waals surface area contributed by atoms with Crippen LogP contribution in [-0.2, 0) is 11.2 Å². The summed E-state index contributed by atoms with van der Waals surface area (Å²) < 4.78 is 0.968. The number of aromatic nitrogens is 2. The van der Waals surface area contributed by atoms with Crippen LogP contribution in [0, 0.1) is 0 Å². The maximum absolute atomic E-state index is 11.3. The van der Waals surface area contributed by atoms with E-state index in [1.54, 1.807) is 13.8 Å². The summed E-state index contributed by atoms with van der Waals surface area (Å²) >= 11 is 0. The van der Waals surface area contributed by atoms with Gasteiger partial charge in [0.1, 0.15) is 6.33 Å². The number of hydrogen-bond acceptors (Lipinski definition) is 4. The fourth-order valence-corrected chi connectivity index (χ4v) is 1.31. The molecule has 0 unspecified atom stereocenters. The molecule has 1 rings (SSSR count). The molecule has 0 radical (unpaired) electrons. The van der Waals surface area contributed by atoms with E-state index in [2.05, 4.69) is 10.3 Å². The average molecular weight is 240 g/mol. The van der Waals surface area contributed by atoms with Crippen LogP contribution in [0.4, 0.5) is 4.79 Å². The number of imidazole rings is 1. The second-order valence-electron chi connectivity index (χ2n) is 3.96. The first-order valence-electron chi connectivity index (χ1n) is 5.22. The molecule has 0 aromatic carbocycles. The highest BCUT2D eigenvalue weighted by molar-refractivity contribution is 5.81. The van der Waals surface area contributed by atoms with Crippen molar-refractivity contribution in [3.05, 3.63) is 18.2 Å². The predicted molar refractivity (Wildman–Crippen MR) is 60.6 cm³/mol. The molecule has 0 aliphatic rings. The fraction of sp³-hybridized carbons (Fsp3) is 0.500. The Kier molecular flexibility index (Phi) is 4.22. The van der Waals surface area contributed by atoms with E-state index >= 15 is 0 Å². The Morgan fingerprint density at radius 1 is 1.59 bits per heavy atom. The lowest BCUT2D eigenvalue weighted by molar-refractivity contribution is -0.122. The van der Waals surface area contributed by atoms with E-state index in [4.69, 9.17) is 10.8 Å². The molecule has 0 spiro atoms. The largest absolute Gasteiger partial charge is 0.464 e. The first kappa shape index (κ1) is 13.2. The number of hydrogen-bond donors (Lipinski definition) is 3. The summed E-state index contributed by atoms with van der Waals surface area (Å²) in [7, 11) is 0. The maximum atomic E-state index is 11.3. The average Bonchev–Trinajstić information content (AvgIpc) is 2.65. The summed E-state index contributed by atoms with van der Waals surface area (Å²) in [5.74, 6) is -0.241. The molecule has 7 nitrogen and oxygen atoms in total. The highest BCUT2D eigenvalue weighted by atomic mass is 16.4. The van der Waals surface area contributed by atoms with Crippen molar-refractivity contribution < 1.29 is 14.7 Å². The molecular weight excluding hydrogens is 224 g/mol. The van der Waals surface area contributed by atoms with Crippen molar-refractivity contribution in [3.63, 3.8) is 0 Å². The third-order valence-corrected chi connectivity index (χ3v) is 2.17. The molecule has 7 heteroatoms. The Bertz CT molecular complexity index is 413. The first-order chi connectivity index (χ1) is 7.90. The number of nitrogens with two attached hydrogens (primary N) is 1. The van der Waals surface area contributed by atoms with Gasteiger partial charge in [-0.1, -0.05) is 0 Å². The van der Waals surface area contributed by atoms with Crippen LogP contribution in [0.5, 0.6) is 0 Å². The summed E-state index contributed by atoms with van der Waals surface area (Å²) in [6.07, 6.45) is 2.00. The zero-order valence-corrected chi connectivity index (χ0v) is 9.75. The van der Waals surface area contributed by atoms with Gasteiger partial charge in [0.05, 0.1) is 11.7 Å². The molecule has 1 aromatic rings. The van der Waals surface area contributed by atoms with E-state index in [-0.39, 0.29) is 11.9 Å². The zero-order chi connectivity index (χ0) is 13.0. The molecule has 0 aliphatic heterocycles. The van der Waals surface area contributed by atoms with Gasteiger partial charge in [0.2, 0.25) is 5.91 Å². The van der Waals surface area contributed by atoms with Gasteiger partial charge in [-0.2, -0.15) is 0 Å². The van der Waals surface area contributed by atoms with Crippen molar-refractivity contribution in [3.8, 4) is 0 Å². The molecular formula is C10H16N4O3. The summed E-state index contributed by atoms with van der Waals surface area (Å²) in [6.45, 7) is 3.40. The molecule has 0 aliphatic carbocycles. The van der Waals surface area contributed by atoms with Crippen LogP contribution in [-0.4, -0.2) is 38.7 Å². The second-order valence-corrected chi connectivity index (χ2v) is 3.96. The summed E-state index contributed by atoms with van der Waals surface area (Å²) in [6, 6.07) is -0.709. The van der Waals surface area contributed by atoms with E-state index in [0.717, 1.165) is 4.57 Å². The van der Waals surface area contributed by atoms with E-state index in [1.807, 2.05) is 0 Å². The fourth-order valence-electron chi connectivity index (χ4n) is 1.31. The monoisotopic (exact) mass is 240 g/mol. The van der Waals surface area contributed by atoms with E-state index in [1.165, 1.54) is 12.5 Å². The molecule has 94 valence electrons. The smallest absolute Gasteiger partial charge is 0.416 e. The molecule has 4 N–H and O–H groups in total. The van der Waals surface area contributed by atoms with Crippen molar-refractivity contribution in [2.75, 3.05) is 0 Å². The lowest BCUT2D eigenvalue weighted by atomic mass is 10.2. The molecule has 0 saturated heterocycles. The predicted octanol–water partition coefficient (Wildman–Crippen LogP) is -0.196. The Hall–Kier alpha value is -1.89. The topological polar surface area (TPSA) is 110 Å². The number of nitrogens with zero attached hydrogens (tertiary/aromatic N) is 2. The van der Waals surface area contributed by atoms with Crippen molar-refractivity contribution in [2.45, 2.75) is 32.4 Å². The van der Waals surface area contributed by atoms with Gasteiger partial charge in [0.15, 0.2) is 0 Å². The van der Waals surface area contributed by atoms with Crippen LogP contribution in [0.1, 0.15) is 19.5 Å². The minimum absolute atomic E-state index is 0.148. The lowest BCUT2D eigenvalue weighted by Crippen LogP contribution is -2.43. The van der Waals surface area contributed by atoms with E-state index in [9.17, 15) is 9.59 Å². The van der Waals surface area contributed by atoms with Crippen molar-refractivity contribution in [1.29, 1.82) is 0 Å². The van der Waals surface area contributed by atoms with Crippen LogP contribution in [0.2, 0.25) is 0 Å². The SMILES string of the molecule is C[C@H](Cc1cn(C(=O)O)cn1)NC(=O)[C@H](C)N. The first-order valence-corrected chi connectivity index (χ1v) is 5.22. The van der Waals surface area contributed by atoms with Crippen LogP contribution in [0.15, 0.2) is 12.5 Å². The number of carboxylic acid groups (broad SMARTS) is 1. The Labute approximate surface area is 98.6 Å². The number of carbonyl (C=O) groups excluding carboxylic acids is 1. The summed E-state index contributed by atoms with van der Waals surface area (Å²) in [5.41, 5.74) is 6.01. The quantitative estimate of drug-likeness (QED) is 0.675. The number of amides is 1. The van der Waals surface area contributed by atoms with Gasteiger partial charge in [0, 0.05) is 18.7 Å². The molecule has 1 amide bonds. The second kappa shape index (κ2) is 5.44. The Morgan fingerprint density at radius 2 is 2.24 bits per heavy atom. The minimum Gasteiger partial charge on any atom is -0.464 e. The van der Waals surface area contributed by atoms with Crippen LogP contribution < -0.4 is 11.1 Å². The molecule has 17 heavy (non-hydrogen) atoms. The van der Waals surface area contributed by atoms with E-state index in [0.29, 0.717) is 12.1 Å². The standard InChI is InChI=1S/C10H16N4O3/c1-6(13-9(15)7(2)11)3-8-4-14(5-12-8)10(16)17/h4-7H,3,11H2,1-2H3,(H,13,15)(H,16,17)/t6-,7+/m1/s1. The number of carbonyl (C=O) groups is 2. The van der Waals surface area contributed by atoms with Gasteiger partial charge < -0.3 is 16.2 Å². The van der Waals surface area contributed by atoms with Gasteiger partial charge in [-0.25, -0.2) is 14.3 Å². The van der Waals surface area contributed by atoms with Crippen LogP contribution in [0.25, 0.3) is 0 Å².